The van der Waals surface area contributed by atoms with Crippen LogP contribution in [0.15, 0.2) is 54.6 Å². The van der Waals surface area contributed by atoms with E-state index in [0.29, 0.717) is 6.54 Å². The lowest BCUT2D eigenvalue weighted by Crippen LogP contribution is -2.49. The van der Waals surface area contributed by atoms with Crippen molar-refractivity contribution < 1.29 is 14.2 Å². The number of halogens is 1. The van der Waals surface area contributed by atoms with E-state index in [-0.39, 0.29) is 12.4 Å². The number of benzene rings is 2. The van der Waals surface area contributed by atoms with Crippen molar-refractivity contribution in [2.24, 2.45) is 0 Å². The zero-order valence-corrected chi connectivity index (χ0v) is 13.6. The number of aliphatic hydroxyl groups is 1. The molecule has 4 nitrogen and oxygen atoms in total. The standard InChI is InChI=1S/C19H23FN2O2/c20-16-5-4-6-17(13-16)22-11-9-21(10-12-22)14-18(23)15-24-19-7-2-1-3-8-19/h1-8,13,18,23H,9-12,14-15H2/t18-/m0/s1. The normalized spacial score (nSPS) is 16.8. The van der Waals surface area contributed by atoms with Gasteiger partial charge in [-0.05, 0) is 30.3 Å². The highest BCUT2D eigenvalue weighted by Gasteiger charge is 2.20. The molecule has 128 valence electrons. The van der Waals surface area contributed by atoms with Gasteiger partial charge in [0.1, 0.15) is 24.3 Å². The van der Waals surface area contributed by atoms with Gasteiger partial charge in [-0.3, -0.25) is 4.90 Å². The summed E-state index contributed by atoms with van der Waals surface area (Å²) in [7, 11) is 0. The van der Waals surface area contributed by atoms with E-state index in [2.05, 4.69) is 9.80 Å². The van der Waals surface area contributed by atoms with Crippen LogP contribution in [0.4, 0.5) is 10.1 Å². The largest absolute Gasteiger partial charge is 0.491 e. The van der Waals surface area contributed by atoms with E-state index in [9.17, 15) is 9.50 Å². The molecule has 24 heavy (non-hydrogen) atoms. The minimum Gasteiger partial charge on any atom is -0.491 e. The molecule has 3 rings (SSSR count). The van der Waals surface area contributed by atoms with Crippen LogP contribution in [0.2, 0.25) is 0 Å². The second-order valence-electron chi connectivity index (χ2n) is 6.05. The van der Waals surface area contributed by atoms with Gasteiger partial charge in [0.25, 0.3) is 0 Å². The highest BCUT2D eigenvalue weighted by Crippen LogP contribution is 2.17. The molecular formula is C19H23FN2O2. The number of β-amino-alcohol motifs (C(OH)–C–C–N with tert-alkyl or cyclic N) is 1. The Labute approximate surface area is 142 Å². The van der Waals surface area contributed by atoms with Crippen LogP contribution in [0.3, 0.4) is 0 Å². The first-order chi connectivity index (χ1) is 11.7. The molecule has 1 atom stereocenters. The van der Waals surface area contributed by atoms with Gasteiger partial charge >= 0.3 is 0 Å². The van der Waals surface area contributed by atoms with Crippen molar-refractivity contribution in [3.8, 4) is 5.75 Å². The third-order valence-electron chi connectivity index (χ3n) is 4.20. The molecule has 2 aromatic rings. The van der Waals surface area contributed by atoms with Crippen molar-refractivity contribution in [3.05, 3.63) is 60.4 Å². The predicted molar refractivity (Wildman–Crippen MR) is 93.0 cm³/mol. The molecule has 0 aliphatic carbocycles. The van der Waals surface area contributed by atoms with E-state index in [1.54, 1.807) is 12.1 Å². The highest BCUT2D eigenvalue weighted by atomic mass is 19.1. The van der Waals surface area contributed by atoms with E-state index in [1.165, 1.54) is 6.07 Å². The maximum Gasteiger partial charge on any atom is 0.125 e. The van der Waals surface area contributed by atoms with Gasteiger partial charge in [-0.25, -0.2) is 4.39 Å². The van der Waals surface area contributed by atoms with Crippen molar-refractivity contribution >= 4 is 5.69 Å². The number of piperazine rings is 1. The second kappa shape index (κ2) is 8.13. The Bertz CT molecular complexity index is 630. The van der Waals surface area contributed by atoms with Crippen molar-refractivity contribution in [1.82, 2.24) is 4.90 Å². The average molecular weight is 330 g/mol. The molecular weight excluding hydrogens is 307 g/mol. The summed E-state index contributed by atoms with van der Waals surface area (Å²) >= 11 is 0. The first-order valence-corrected chi connectivity index (χ1v) is 8.29. The van der Waals surface area contributed by atoms with Gasteiger partial charge in [-0.1, -0.05) is 24.3 Å². The van der Waals surface area contributed by atoms with Gasteiger partial charge in [-0.2, -0.15) is 0 Å². The minimum absolute atomic E-state index is 0.205. The Kier molecular flexibility index (Phi) is 5.67. The van der Waals surface area contributed by atoms with E-state index in [4.69, 9.17) is 4.74 Å². The zero-order valence-electron chi connectivity index (χ0n) is 13.6. The maximum absolute atomic E-state index is 13.3. The SMILES string of the molecule is O[C@H](COc1ccccc1)CN1CCN(c2cccc(F)c2)CC1. The van der Waals surface area contributed by atoms with Crippen LogP contribution >= 0.6 is 0 Å². The maximum atomic E-state index is 13.3. The molecule has 1 fully saturated rings. The fourth-order valence-corrected chi connectivity index (χ4v) is 2.92. The smallest absolute Gasteiger partial charge is 0.125 e. The lowest BCUT2D eigenvalue weighted by atomic mass is 10.2. The van der Waals surface area contributed by atoms with Gasteiger partial charge in [0.2, 0.25) is 0 Å². The Balaban J connectivity index is 1.42. The van der Waals surface area contributed by atoms with Crippen LogP contribution in [-0.2, 0) is 0 Å². The summed E-state index contributed by atoms with van der Waals surface area (Å²) in [6, 6.07) is 16.2. The third-order valence-corrected chi connectivity index (χ3v) is 4.20. The Morgan fingerprint density at radius 2 is 1.75 bits per heavy atom. The van der Waals surface area contributed by atoms with Crippen molar-refractivity contribution in [3.63, 3.8) is 0 Å². The van der Waals surface area contributed by atoms with Gasteiger partial charge in [0.15, 0.2) is 0 Å². The van der Waals surface area contributed by atoms with Crippen LogP contribution in [0.5, 0.6) is 5.75 Å². The quantitative estimate of drug-likeness (QED) is 0.882. The monoisotopic (exact) mass is 330 g/mol. The summed E-state index contributed by atoms with van der Waals surface area (Å²) in [5, 5.41) is 10.2. The number of rotatable bonds is 6. The summed E-state index contributed by atoms with van der Waals surface area (Å²) in [6.07, 6.45) is -0.522. The van der Waals surface area contributed by atoms with Crippen LogP contribution in [0.1, 0.15) is 0 Å². The van der Waals surface area contributed by atoms with E-state index < -0.39 is 6.10 Å². The molecule has 1 N–H and O–H groups in total. The van der Waals surface area contributed by atoms with Crippen LogP contribution in [0, 0.1) is 5.82 Å². The number of para-hydroxylation sites is 1. The van der Waals surface area contributed by atoms with Crippen molar-refractivity contribution in [1.29, 1.82) is 0 Å². The molecule has 1 aliphatic rings. The lowest BCUT2D eigenvalue weighted by Gasteiger charge is -2.36. The molecule has 0 bridgehead atoms. The number of aliphatic hydroxyl groups excluding tert-OH is 1. The fourth-order valence-electron chi connectivity index (χ4n) is 2.92. The third kappa shape index (κ3) is 4.69. The number of hydrogen-bond donors (Lipinski definition) is 1. The summed E-state index contributed by atoms with van der Waals surface area (Å²) < 4.78 is 18.9. The van der Waals surface area contributed by atoms with Crippen LogP contribution < -0.4 is 9.64 Å². The van der Waals surface area contributed by atoms with Gasteiger partial charge in [0.05, 0.1) is 0 Å². The fraction of sp³-hybridized carbons (Fsp3) is 0.368. The van der Waals surface area contributed by atoms with E-state index >= 15 is 0 Å². The molecule has 5 heteroatoms. The minimum atomic E-state index is -0.522. The Morgan fingerprint density at radius 3 is 2.46 bits per heavy atom. The lowest BCUT2D eigenvalue weighted by molar-refractivity contribution is 0.0663. The molecule has 0 amide bonds. The number of anilines is 1. The summed E-state index contributed by atoms with van der Waals surface area (Å²) in [5.41, 5.74) is 0.919. The van der Waals surface area contributed by atoms with Crippen LogP contribution in [0.25, 0.3) is 0 Å². The average Bonchev–Trinajstić information content (AvgIpc) is 2.61. The topological polar surface area (TPSA) is 35.9 Å². The first-order valence-electron chi connectivity index (χ1n) is 8.29. The molecule has 0 saturated carbocycles. The van der Waals surface area contributed by atoms with Crippen molar-refractivity contribution in [2.75, 3.05) is 44.2 Å². The summed E-state index contributed by atoms with van der Waals surface area (Å²) in [6.45, 7) is 4.22. The number of hydrogen-bond acceptors (Lipinski definition) is 4. The first kappa shape index (κ1) is 16.7. The molecule has 0 aromatic heterocycles. The predicted octanol–water partition coefficient (Wildman–Crippen LogP) is 2.39. The molecule has 0 radical (unpaired) electrons. The zero-order chi connectivity index (χ0) is 16.8. The Hall–Kier alpha value is -2.11. The molecule has 1 heterocycles. The van der Waals surface area contributed by atoms with Crippen LogP contribution in [-0.4, -0.2) is 55.4 Å². The van der Waals surface area contributed by atoms with Gasteiger partial charge in [-0.15, -0.1) is 0 Å². The van der Waals surface area contributed by atoms with E-state index in [0.717, 1.165) is 37.6 Å². The molecule has 0 unspecified atom stereocenters. The number of ether oxygens (including phenoxy) is 1. The molecule has 2 aromatic carbocycles. The summed E-state index contributed by atoms with van der Waals surface area (Å²) in [4.78, 5) is 4.39. The molecule has 0 spiro atoms. The number of nitrogens with zero attached hydrogens (tertiary/aromatic N) is 2. The highest BCUT2D eigenvalue weighted by molar-refractivity contribution is 5.46. The summed E-state index contributed by atoms with van der Waals surface area (Å²) in [5.74, 6) is 0.566. The molecule has 1 aliphatic heterocycles. The van der Waals surface area contributed by atoms with E-state index in [1.807, 2.05) is 36.4 Å². The Morgan fingerprint density at radius 1 is 1.00 bits per heavy atom. The van der Waals surface area contributed by atoms with Gasteiger partial charge < -0.3 is 14.7 Å². The van der Waals surface area contributed by atoms with Gasteiger partial charge in [0, 0.05) is 38.4 Å². The molecule has 1 saturated heterocycles. The second-order valence-corrected chi connectivity index (χ2v) is 6.05. The van der Waals surface area contributed by atoms with Crippen molar-refractivity contribution in [2.45, 2.75) is 6.10 Å².